The molecule has 144 valence electrons. The molecule has 0 heterocycles. The Morgan fingerprint density at radius 1 is 0.929 bits per heavy atom. The van der Waals surface area contributed by atoms with Gasteiger partial charge in [0.25, 0.3) is 0 Å². The van der Waals surface area contributed by atoms with E-state index in [-0.39, 0.29) is 30.8 Å². The minimum Gasteiger partial charge on any atom is -0.348 e. The second kappa shape index (κ2) is 9.51. The molecule has 3 aromatic carbocycles. The topological polar surface area (TPSA) is 58.2 Å². The van der Waals surface area contributed by atoms with E-state index < -0.39 is 0 Å². The third-order valence-corrected chi connectivity index (χ3v) is 5.22. The minimum absolute atomic E-state index is 0.0311. The normalized spacial score (nSPS) is 11.8. The largest absolute Gasteiger partial charge is 0.348 e. The fourth-order valence-corrected chi connectivity index (χ4v) is 3.49. The van der Waals surface area contributed by atoms with E-state index in [0.29, 0.717) is 0 Å². The molecule has 0 bridgehead atoms. The number of benzene rings is 3. The predicted molar refractivity (Wildman–Crippen MR) is 116 cm³/mol. The Morgan fingerprint density at radius 2 is 1.64 bits per heavy atom. The van der Waals surface area contributed by atoms with Gasteiger partial charge in [-0.3, -0.25) is 9.59 Å². The standard InChI is InChI=1S/C23H23BrN2O2/c1-2-21(17-10-12-19(24)13-11-17)26-23(28)15-25-22(27)14-18-8-5-7-16-6-3-4-9-20(16)18/h3-13,21H,2,14-15H2,1H3,(H,25,27)(H,26,28). The zero-order valence-electron chi connectivity index (χ0n) is 15.7. The van der Waals surface area contributed by atoms with Crippen molar-refractivity contribution in [3.05, 3.63) is 82.3 Å². The number of halogens is 1. The first kappa shape index (κ1) is 20.1. The number of fused-ring (bicyclic) bond motifs is 1. The van der Waals surface area contributed by atoms with Gasteiger partial charge in [0.15, 0.2) is 0 Å². The van der Waals surface area contributed by atoms with E-state index in [1.165, 1.54) is 0 Å². The van der Waals surface area contributed by atoms with E-state index in [9.17, 15) is 9.59 Å². The van der Waals surface area contributed by atoms with E-state index in [1.54, 1.807) is 0 Å². The number of hydrogen-bond donors (Lipinski definition) is 2. The van der Waals surface area contributed by atoms with Crippen molar-refractivity contribution in [2.24, 2.45) is 0 Å². The summed E-state index contributed by atoms with van der Waals surface area (Å²) in [4.78, 5) is 24.6. The van der Waals surface area contributed by atoms with Gasteiger partial charge >= 0.3 is 0 Å². The molecule has 3 rings (SSSR count). The van der Waals surface area contributed by atoms with Crippen molar-refractivity contribution in [2.45, 2.75) is 25.8 Å². The lowest BCUT2D eigenvalue weighted by atomic mass is 10.0. The van der Waals surface area contributed by atoms with Gasteiger partial charge in [-0.25, -0.2) is 0 Å². The molecule has 2 N–H and O–H groups in total. The summed E-state index contributed by atoms with van der Waals surface area (Å²) in [5, 5.41) is 7.87. The summed E-state index contributed by atoms with van der Waals surface area (Å²) in [6, 6.07) is 21.7. The van der Waals surface area contributed by atoms with Crippen LogP contribution in [-0.2, 0) is 16.0 Å². The molecule has 0 aliphatic heterocycles. The van der Waals surface area contributed by atoms with E-state index in [4.69, 9.17) is 0 Å². The molecular formula is C23H23BrN2O2. The van der Waals surface area contributed by atoms with Crippen molar-refractivity contribution in [1.29, 1.82) is 0 Å². The van der Waals surface area contributed by atoms with Crippen LogP contribution in [0.2, 0.25) is 0 Å². The molecule has 0 spiro atoms. The van der Waals surface area contributed by atoms with Gasteiger partial charge in [-0.2, -0.15) is 0 Å². The first-order valence-corrected chi connectivity index (χ1v) is 10.1. The average molecular weight is 439 g/mol. The zero-order chi connectivity index (χ0) is 19.9. The van der Waals surface area contributed by atoms with Gasteiger partial charge in [0.2, 0.25) is 11.8 Å². The molecule has 0 aliphatic carbocycles. The fraction of sp³-hybridized carbons (Fsp3) is 0.217. The SMILES string of the molecule is CCC(NC(=O)CNC(=O)Cc1cccc2ccccc12)c1ccc(Br)cc1. The van der Waals surface area contributed by atoms with Crippen molar-refractivity contribution in [3.63, 3.8) is 0 Å². The molecule has 0 aliphatic rings. The Balaban J connectivity index is 1.55. The van der Waals surface area contributed by atoms with Crippen LogP contribution in [0.3, 0.4) is 0 Å². The quantitative estimate of drug-likeness (QED) is 0.569. The van der Waals surface area contributed by atoms with Crippen LogP contribution in [-0.4, -0.2) is 18.4 Å². The van der Waals surface area contributed by atoms with Gasteiger partial charge in [0.05, 0.1) is 19.0 Å². The molecule has 1 atom stereocenters. The molecule has 3 aromatic rings. The Kier molecular flexibility index (Phi) is 6.82. The summed E-state index contributed by atoms with van der Waals surface area (Å²) < 4.78 is 0.998. The summed E-state index contributed by atoms with van der Waals surface area (Å²) in [5.74, 6) is -0.357. The highest BCUT2D eigenvalue weighted by atomic mass is 79.9. The number of carbonyl (C=O) groups excluding carboxylic acids is 2. The van der Waals surface area contributed by atoms with E-state index in [1.807, 2.05) is 73.7 Å². The molecule has 0 radical (unpaired) electrons. The van der Waals surface area contributed by atoms with Gasteiger partial charge in [0, 0.05) is 4.47 Å². The highest BCUT2D eigenvalue weighted by Crippen LogP contribution is 2.20. The minimum atomic E-state index is -0.193. The predicted octanol–water partition coefficient (Wildman–Crippen LogP) is 4.53. The van der Waals surface area contributed by atoms with Crippen molar-refractivity contribution in [1.82, 2.24) is 10.6 Å². The van der Waals surface area contributed by atoms with Gasteiger partial charge in [0.1, 0.15) is 0 Å². The van der Waals surface area contributed by atoms with Crippen LogP contribution in [0.4, 0.5) is 0 Å². The lowest BCUT2D eigenvalue weighted by molar-refractivity contribution is -0.126. The van der Waals surface area contributed by atoms with Crippen LogP contribution in [0.25, 0.3) is 10.8 Å². The highest BCUT2D eigenvalue weighted by molar-refractivity contribution is 9.10. The molecule has 0 saturated heterocycles. The Bertz CT molecular complexity index is 965. The number of carbonyl (C=O) groups is 2. The van der Waals surface area contributed by atoms with Crippen LogP contribution in [0.15, 0.2) is 71.2 Å². The number of nitrogens with one attached hydrogen (secondary N) is 2. The third kappa shape index (κ3) is 5.20. The maximum atomic E-state index is 12.3. The van der Waals surface area contributed by atoms with Gasteiger partial charge in [-0.05, 0) is 40.5 Å². The maximum Gasteiger partial charge on any atom is 0.239 e. The van der Waals surface area contributed by atoms with Crippen molar-refractivity contribution in [3.8, 4) is 0 Å². The van der Waals surface area contributed by atoms with Crippen molar-refractivity contribution < 1.29 is 9.59 Å². The molecule has 5 heteroatoms. The maximum absolute atomic E-state index is 12.3. The van der Waals surface area contributed by atoms with Crippen molar-refractivity contribution >= 4 is 38.5 Å². The van der Waals surface area contributed by atoms with Gasteiger partial charge in [-0.1, -0.05) is 77.5 Å². The summed E-state index contributed by atoms with van der Waals surface area (Å²) in [6.45, 7) is 1.99. The summed E-state index contributed by atoms with van der Waals surface area (Å²) in [7, 11) is 0. The number of rotatable bonds is 7. The monoisotopic (exact) mass is 438 g/mol. The molecule has 4 nitrogen and oxygen atoms in total. The second-order valence-corrected chi connectivity index (χ2v) is 7.59. The Hall–Kier alpha value is -2.66. The summed E-state index contributed by atoms with van der Waals surface area (Å²) in [6.07, 6.45) is 1.02. The second-order valence-electron chi connectivity index (χ2n) is 6.67. The molecule has 0 aromatic heterocycles. The molecule has 1 unspecified atom stereocenters. The summed E-state index contributed by atoms with van der Waals surface area (Å²) in [5.41, 5.74) is 2.00. The summed E-state index contributed by atoms with van der Waals surface area (Å²) >= 11 is 3.42. The van der Waals surface area contributed by atoms with E-state index in [2.05, 4.69) is 26.6 Å². The smallest absolute Gasteiger partial charge is 0.239 e. The lowest BCUT2D eigenvalue weighted by Crippen LogP contribution is -2.39. The molecule has 0 saturated carbocycles. The Labute approximate surface area is 173 Å². The molecule has 2 amide bonds. The van der Waals surface area contributed by atoms with E-state index in [0.717, 1.165) is 32.8 Å². The van der Waals surface area contributed by atoms with Crippen LogP contribution in [0, 0.1) is 0 Å². The van der Waals surface area contributed by atoms with Gasteiger partial charge < -0.3 is 10.6 Å². The number of amides is 2. The fourth-order valence-electron chi connectivity index (χ4n) is 3.22. The first-order valence-electron chi connectivity index (χ1n) is 9.35. The third-order valence-electron chi connectivity index (χ3n) is 4.69. The van der Waals surface area contributed by atoms with Crippen molar-refractivity contribution in [2.75, 3.05) is 6.54 Å². The zero-order valence-corrected chi connectivity index (χ0v) is 17.3. The van der Waals surface area contributed by atoms with Gasteiger partial charge in [-0.15, -0.1) is 0 Å². The molecule has 0 fully saturated rings. The molecular weight excluding hydrogens is 416 g/mol. The Morgan fingerprint density at radius 3 is 2.39 bits per heavy atom. The first-order chi connectivity index (χ1) is 13.6. The lowest BCUT2D eigenvalue weighted by Gasteiger charge is -2.18. The van der Waals surface area contributed by atoms with Crippen LogP contribution >= 0.6 is 15.9 Å². The van der Waals surface area contributed by atoms with E-state index >= 15 is 0 Å². The molecule has 28 heavy (non-hydrogen) atoms. The number of hydrogen-bond acceptors (Lipinski definition) is 2. The van der Waals surface area contributed by atoms with Crippen LogP contribution < -0.4 is 10.6 Å². The van der Waals surface area contributed by atoms with Crippen LogP contribution in [0.5, 0.6) is 0 Å². The van der Waals surface area contributed by atoms with Crippen LogP contribution in [0.1, 0.15) is 30.5 Å². The highest BCUT2D eigenvalue weighted by Gasteiger charge is 2.14. The average Bonchev–Trinajstić information content (AvgIpc) is 2.71.